The van der Waals surface area contributed by atoms with Gasteiger partial charge in [-0.15, -0.1) is 0 Å². The molecule has 9 heteroatoms. The van der Waals surface area contributed by atoms with Crippen molar-refractivity contribution in [2.75, 3.05) is 41.5 Å². The topological polar surface area (TPSA) is 102 Å². The highest BCUT2D eigenvalue weighted by Gasteiger charge is 2.28. The van der Waals surface area contributed by atoms with Gasteiger partial charge in [-0.25, -0.2) is 8.42 Å². The molecular formula is C14H21NO7S. The Labute approximate surface area is 135 Å². The molecule has 0 aliphatic carbocycles. The average molecular weight is 347 g/mol. The van der Waals surface area contributed by atoms with Gasteiger partial charge in [-0.2, -0.15) is 4.31 Å². The van der Waals surface area contributed by atoms with Gasteiger partial charge in [0.2, 0.25) is 10.0 Å². The Morgan fingerprint density at radius 1 is 1.22 bits per heavy atom. The summed E-state index contributed by atoms with van der Waals surface area (Å²) in [4.78, 5) is 10.8. The Hall–Kier alpha value is -1.84. The first kappa shape index (κ1) is 19.2. The van der Waals surface area contributed by atoms with E-state index in [1.54, 1.807) is 0 Å². The molecule has 130 valence electrons. The monoisotopic (exact) mass is 347 g/mol. The number of ether oxygens (including phenoxy) is 3. The van der Waals surface area contributed by atoms with E-state index in [1.165, 1.54) is 40.5 Å². The van der Waals surface area contributed by atoms with E-state index in [0.29, 0.717) is 5.56 Å². The van der Waals surface area contributed by atoms with Crippen LogP contribution in [0.4, 0.5) is 0 Å². The van der Waals surface area contributed by atoms with Crippen LogP contribution in [0.3, 0.4) is 0 Å². The molecule has 0 saturated carbocycles. The second kappa shape index (κ2) is 8.14. The maximum Gasteiger partial charge on any atom is 0.307 e. The summed E-state index contributed by atoms with van der Waals surface area (Å²) < 4.78 is 41.7. The third kappa shape index (κ3) is 4.57. The molecule has 0 spiro atoms. The Bertz CT molecular complexity index is 657. The largest absolute Gasteiger partial charge is 0.493 e. The Kier molecular flexibility index (Phi) is 6.79. The fourth-order valence-corrected chi connectivity index (χ4v) is 3.33. The second-order valence-corrected chi connectivity index (χ2v) is 6.73. The van der Waals surface area contributed by atoms with E-state index < -0.39 is 16.0 Å². The summed E-state index contributed by atoms with van der Waals surface area (Å²) in [6, 6.07) is 2.73. The third-order valence-corrected chi connectivity index (χ3v) is 5.02. The number of carboxylic acids is 1. The molecule has 1 rings (SSSR count). The smallest absolute Gasteiger partial charge is 0.307 e. The van der Waals surface area contributed by atoms with Crippen LogP contribution < -0.4 is 9.47 Å². The molecular weight excluding hydrogens is 326 g/mol. The van der Waals surface area contributed by atoms with Crippen LogP contribution in [0, 0.1) is 0 Å². The Morgan fingerprint density at radius 2 is 1.87 bits per heavy atom. The van der Waals surface area contributed by atoms with Crippen molar-refractivity contribution >= 4 is 16.0 Å². The summed E-state index contributed by atoms with van der Waals surface area (Å²) in [6.45, 7) is 0.372. The van der Waals surface area contributed by atoms with Crippen molar-refractivity contribution in [3.63, 3.8) is 0 Å². The van der Waals surface area contributed by atoms with E-state index in [4.69, 9.17) is 19.3 Å². The van der Waals surface area contributed by atoms with E-state index in [9.17, 15) is 13.2 Å². The summed E-state index contributed by atoms with van der Waals surface area (Å²) in [7, 11) is 1.66. The molecule has 23 heavy (non-hydrogen) atoms. The highest BCUT2D eigenvalue weighted by atomic mass is 32.2. The number of carbonyl (C=O) groups is 1. The lowest BCUT2D eigenvalue weighted by atomic mass is 10.1. The molecule has 0 unspecified atom stereocenters. The molecule has 0 aliphatic heterocycles. The molecule has 0 fully saturated rings. The van der Waals surface area contributed by atoms with Gasteiger partial charge in [-0.3, -0.25) is 4.79 Å². The van der Waals surface area contributed by atoms with E-state index in [2.05, 4.69) is 0 Å². The van der Waals surface area contributed by atoms with Gasteiger partial charge in [0.15, 0.2) is 11.5 Å². The zero-order valence-corrected chi connectivity index (χ0v) is 14.3. The number of benzene rings is 1. The standard InChI is InChI=1S/C14H21NO7S/c1-15(5-6-20-2)23(18,19)12-8-10(9-13(16)17)7-11(21-3)14(12)22-4/h7-8H,5-6,9H2,1-4H3,(H,16,17). The summed E-state index contributed by atoms with van der Waals surface area (Å²) >= 11 is 0. The highest BCUT2D eigenvalue weighted by molar-refractivity contribution is 7.89. The number of methoxy groups -OCH3 is 3. The van der Waals surface area contributed by atoms with Crippen LogP contribution in [0.1, 0.15) is 5.56 Å². The van der Waals surface area contributed by atoms with E-state index >= 15 is 0 Å². The van der Waals surface area contributed by atoms with Crippen LogP contribution in [-0.4, -0.2) is 65.3 Å². The van der Waals surface area contributed by atoms with Crippen molar-refractivity contribution in [2.45, 2.75) is 11.3 Å². The van der Waals surface area contributed by atoms with Crippen molar-refractivity contribution in [2.24, 2.45) is 0 Å². The molecule has 1 aromatic carbocycles. The lowest BCUT2D eigenvalue weighted by molar-refractivity contribution is -0.136. The molecule has 0 atom stereocenters. The summed E-state index contributed by atoms with van der Waals surface area (Å²) in [6.07, 6.45) is -0.329. The van der Waals surface area contributed by atoms with Crippen LogP contribution in [0.25, 0.3) is 0 Å². The van der Waals surface area contributed by atoms with Gasteiger partial charge < -0.3 is 19.3 Å². The molecule has 0 aromatic heterocycles. The van der Waals surface area contributed by atoms with Crippen LogP contribution in [0.5, 0.6) is 11.5 Å². The first-order valence-corrected chi connectivity index (χ1v) is 8.13. The van der Waals surface area contributed by atoms with Gasteiger partial charge in [0.1, 0.15) is 4.90 Å². The second-order valence-electron chi connectivity index (χ2n) is 4.72. The number of rotatable bonds is 9. The first-order chi connectivity index (χ1) is 10.8. The van der Waals surface area contributed by atoms with Crippen molar-refractivity contribution < 1.29 is 32.5 Å². The minimum Gasteiger partial charge on any atom is -0.493 e. The predicted octanol–water partition coefficient (Wildman–Crippen LogP) is 0.598. The van der Waals surface area contributed by atoms with E-state index in [1.807, 2.05) is 0 Å². The zero-order valence-electron chi connectivity index (χ0n) is 13.5. The zero-order chi connectivity index (χ0) is 17.6. The maximum atomic E-state index is 12.7. The summed E-state index contributed by atoms with van der Waals surface area (Å²) in [5.74, 6) is -0.885. The van der Waals surface area contributed by atoms with Gasteiger partial charge in [0.05, 0.1) is 27.2 Å². The number of likely N-dealkylation sites (N-methyl/N-ethyl adjacent to an activating group) is 1. The molecule has 0 heterocycles. The lowest BCUT2D eigenvalue weighted by Gasteiger charge is -2.20. The number of sulfonamides is 1. The van der Waals surface area contributed by atoms with Crippen molar-refractivity contribution in [1.29, 1.82) is 0 Å². The molecule has 0 bridgehead atoms. The first-order valence-electron chi connectivity index (χ1n) is 6.69. The molecule has 8 nitrogen and oxygen atoms in total. The molecule has 0 radical (unpaired) electrons. The van der Waals surface area contributed by atoms with Crippen LogP contribution >= 0.6 is 0 Å². The van der Waals surface area contributed by atoms with Crippen molar-refractivity contribution in [3.8, 4) is 11.5 Å². The van der Waals surface area contributed by atoms with Gasteiger partial charge >= 0.3 is 5.97 Å². The van der Waals surface area contributed by atoms with E-state index in [0.717, 1.165) is 4.31 Å². The number of carboxylic acid groups (broad SMARTS) is 1. The molecule has 0 saturated heterocycles. The van der Waals surface area contributed by atoms with E-state index in [-0.39, 0.29) is 36.0 Å². The lowest BCUT2D eigenvalue weighted by Crippen LogP contribution is -2.30. The van der Waals surface area contributed by atoms with Crippen molar-refractivity contribution in [1.82, 2.24) is 4.31 Å². The minimum atomic E-state index is -3.89. The van der Waals surface area contributed by atoms with Crippen molar-refractivity contribution in [3.05, 3.63) is 17.7 Å². The van der Waals surface area contributed by atoms with Crippen LogP contribution in [0.15, 0.2) is 17.0 Å². The molecule has 0 amide bonds. The normalized spacial score (nSPS) is 11.5. The van der Waals surface area contributed by atoms with Gasteiger partial charge in [0, 0.05) is 20.7 Å². The fourth-order valence-electron chi connectivity index (χ4n) is 1.96. The number of hydrogen-bond acceptors (Lipinski definition) is 6. The SMILES string of the molecule is COCCN(C)S(=O)(=O)c1cc(CC(=O)O)cc(OC)c1OC. The third-order valence-electron chi connectivity index (χ3n) is 3.16. The molecule has 1 N–H and O–H groups in total. The number of hydrogen-bond donors (Lipinski definition) is 1. The number of aliphatic carboxylic acids is 1. The quantitative estimate of drug-likeness (QED) is 0.698. The molecule has 1 aromatic rings. The van der Waals surface area contributed by atoms with Gasteiger partial charge in [-0.05, 0) is 17.7 Å². The van der Waals surface area contributed by atoms with Crippen LogP contribution in [-0.2, 0) is 26.0 Å². The summed E-state index contributed by atoms with van der Waals surface area (Å²) in [5.41, 5.74) is 0.300. The molecule has 0 aliphatic rings. The summed E-state index contributed by atoms with van der Waals surface area (Å²) in [5, 5.41) is 8.93. The van der Waals surface area contributed by atoms with Gasteiger partial charge in [0.25, 0.3) is 0 Å². The maximum absolute atomic E-state index is 12.7. The minimum absolute atomic E-state index is 0.0332. The van der Waals surface area contributed by atoms with Crippen LogP contribution in [0.2, 0.25) is 0 Å². The predicted molar refractivity (Wildman–Crippen MR) is 82.6 cm³/mol. The average Bonchev–Trinajstić information content (AvgIpc) is 2.50. The Balaban J connectivity index is 3.44. The fraction of sp³-hybridized carbons (Fsp3) is 0.500. The Morgan fingerprint density at radius 3 is 2.35 bits per heavy atom. The highest BCUT2D eigenvalue weighted by Crippen LogP contribution is 2.37. The number of nitrogens with zero attached hydrogens (tertiary/aromatic N) is 1. The van der Waals surface area contributed by atoms with Gasteiger partial charge in [-0.1, -0.05) is 0 Å².